The van der Waals surface area contributed by atoms with E-state index in [1.54, 1.807) is 0 Å². The van der Waals surface area contributed by atoms with E-state index < -0.39 is 52.4 Å². The lowest BCUT2D eigenvalue weighted by molar-refractivity contribution is -0.361. The molecule has 15 heteroatoms. The molecule has 1 rings (SSSR count). The molecular weight excluding hydrogens is 466 g/mol. The molecule has 8 nitrogen and oxygen atoms in total. The van der Waals surface area contributed by atoms with E-state index in [1.165, 1.54) is 19.1 Å². The number of esters is 2. The summed E-state index contributed by atoms with van der Waals surface area (Å²) in [5.74, 6) is -6.73. The van der Waals surface area contributed by atoms with Gasteiger partial charge < -0.3 is 18.8 Å². The first-order valence-corrected chi connectivity index (χ1v) is 9.35. The SMILES string of the molecule is C=C(C)C(=O)Oc1cccc(OCC(=O)OC(CS(=O)(=O)[O-])(C(F)(F)F)C(F)(F)F)c1. The Morgan fingerprint density at radius 3 is 2.03 bits per heavy atom. The molecule has 0 saturated carbocycles. The van der Waals surface area contributed by atoms with Crippen molar-refractivity contribution >= 4 is 22.1 Å². The minimum Gasteiger partial charge on any atom is -0.748 e. The highest BCUT2D eigenvalue weighted by Gasteiger charge is 2.75. The Bertz CT molecular complexity index is 938. The van der Waals surface area contributed by atoms with Gasteiger partial charge in [0.05, 0.1) is 15.9 Å². The summed E-state index contributed by atoms with van der Waals surface area (Å²) in [5.41, 5.74) is -5.58. The quantitative estimate of drug-likeness (QED) is 0.184. The van der Waals surface area contributed by atoms with Crippen LogP contribution in [0.3, 0.4) is 0 Å². The van der Waals surface area contributed by atoms with Crippen LogP contribution in [0.25, 0.3) is 0 Å². The molecule has 1 aromatic carbocycles. The summed E-state index contributed by atoms with van der Waals surface area (Å²) in [7, 11) is -6.15. The maximum absolute atomic E-state index is 13.1. The van der Waals surface area contributed by atoms with Crippen LogP contribution in [0, 0.1) is 0 Å². The fraction of sp³-hybridized carbons (Fsp3) is 0.375. The molecule has 0 fully saturated rings. The number of hydrogen-bond acceptors (Lipinski definition) is 8. The predicted molar refractivity (Wildman–Crippen MR) is 87.9 cm³/mol. The molecule has 0 unspecified atom stereocenters. The molecule has 1 aromatic rings. The van der Waals surface area contributed by atoms with Crippen molar-refractivity contribution in [1.29, 1.82) is 0 Å². The van der Waals surface area contributed by atoms with Gasteiger partial charge in [0.1, 0.15) is 11.5 Å². The van der Waals surface area contributed by atoms with Crippen molar-refractivity contribution in [1.82, 2.24) is 0 Å². The van der Waals surface area contributed by atoms with E-state index in [0.717, 1.165) is 12.1 Å². The van der Waals surface area contributed by atoms with E-state index in [2.05, 4.69) is 11.3 Å². The topological polar surface area (TPSA) is 119 Å². The van der Waals surface area contributed by atoms with Gasteiger partial charge in [-0.25, -0.2) is 18.0 Å². The Labute approximate surface area is 171 Å². The van der Waals surface area contributed by atoms with Crippen molar-refractivity contribution in [3.05, 3.63) is 36.4 Å². The number of carbonyl (C=O) groups excluding carboxylic acids is 2. The average molecular weight is 479 g/mol. The van der Waals surface area contributed by atoms with Crippen LogP contribution in [-0.2, 0) is 24.4 Å². The summed E-state index contributed by atoms with van der Waals surface area (Å²) in [6, 6.07) is 4.52. The van der Waals surface area contributed by atoms with Crippen molar-refractivity contribution < 1.29 is 63.1 Å². The molecule has 0 amide bonds. The third kappa shape index (κ3) is 7.13. The molecule has 174 valence electrons. The van der Waals surface area contributed by atoms with Crippen LogP contribution in [-0.4, -0.2) is 55.2 Å². The molecule has 0 atom stereocenters. The maximum atomic E-state index is 13.1. The summed E-state index contributed by atoms with van der Waals surface area (Å²) >= 11 is 0. The second kappa shape index (κ2) is 9.13. The highest BCUT2D eigenvalue weighted by Crippen LogP contribution is 2.46. The Morgan fingerprint density at radius 2 is 1.58 bits per heavy atom. The average Bonchev–Trinajstić information content (AvgIpc) is 2.56. The van der Waals surface area contributed by atoms with Crippen LogP contribution in [0.15, 0.2) is 36.4 Å². The predicted octanol–water partition coefficient (Wildman–Crippen LogP) is 2.50. The summed E-state index contributed by atoms with van der Waals surface area (Å²) in [6.07, 6.45) is -13.0. The lowest BCUT2D eigenvalue weighted by Crippen LogP contribution is -2.63. The molecule has 0 saturated heterocycles. The number of carbonyl (C=O) groups is 2. The van der Waals surface area contributed by atoms with Crippen molar-refractivity contribution in [2.75, 3.05) is 12.4 Å². The number of halogens is 6. The normalized spacial score (nSPS) is 12.8. The molecule has 0 heterocycles. The van der Waals surface area contributed by atoms with Gasteiger partial charge in [0.25, 0.3) is 0 Å². The van der Waals surface area contributed by atoms with Gasteiger partial charge in [-0.3, -0.25) is 0 Å². The first-order chi connectivity index (χ1) is 13.9. The van der Waals surface area contributed by atoms with Crippen molar-refractivity contribution in [2.45, 2.75) is 24.9 Å². The Kier molecular flexibility index (Phi) is 7.73. The maximum Gasteiger partial charge on any atom is 0.438 e. The minimum atomic E-state index is -6.49. The number of hydrogen-bond donors (Lipinski definition) is 0. The highest BCUT2D eigenvalue weighted by molar-refractivity contribution is 7.85. The van der Waals surface area contributed by atoms with Gasteiger partial charge in [-0.05, 0) is 19.1 Å². The van der Waals surface area contributed by atoms with Crippen LogP contribution in [0.5, 0.6) is 11.5 Å². The van der Waals surface area contributed by atoms with Gasteiger partial charge in [-0.1, -0.05) is 12.6 Å². The molecule has 0 aliphatic heterocycles. The zero-order valence-electron chi connectivity index (χ0n) is 15.4. The lowest BCUT2D eigenvalue weighted by Gasteiger charge is -2.36. The third-order valence-electron chi connectivity index (χ3n) is 3.31. The Balaban J connectivity index is 3.05. The van der Waals surface area contributed by atoms with E-state index >= 15 is 0 Å². The number of benzene rings is 1. The van der Waals surface area contributed by atoms with Gasteiger partial charge in [-0.15, -0.1) is 0 Å². The first kappa shape index (κ1) is 26.2. The van der Waals surface area contributed by atoms with Crippen LogP contribution >= 0.6 is 0 Å². The van der Waals surface area contributed by atoms with E-state index in [9.17, 15) is 48.9 Å². The molecule has 0 bridgehead atoms. The standard InChI is InChI=1S/C16H14F6O8S/c1-9(2)13(24)29-11-5-3-4-10(6-11)28-7-12(23)30-14(15(17,18)19,16(20,21)22)8-31(25,26)27/h3-6H,1,7-8H2,2H3,(H,25,26,27)/p-1. The van der Waals surface area contributed by atoms with E-state index in [4.69, 9.17) is 9.47 Å². The molecule has 31 heavy (non-hydrogen) atoms. The smallest absolute Gasteiger partial charge is 0.438 e. The summed E-state index contributed by atoms with van der Waals surface area (Å²) in [4.78, 5) is 23.0. The summed E-state index contributed by atoms with van der Waals surface area (Å²) in [5, 5.41) is 0. The summed E-state index contributed by atoms with van der Waals surface area (Å²) in [6.45, 7) is 3.11. The van der Waals surface area contributed by atoms with Crippen molar-refractivity contribution in [3.8, 4) is 11.5 Å². The Morgan fingerprint density at radius 1 is 1.06 bits per heavy atom. The second-order valence-corrected chi connectivity index (χ2v) is 7.34. The van der Waals surface area contributed by atoms with Crippen LogP contribution in [0.4, 0.5) is 26.3 Å². The van der Waals surface area contributed by atoms with Gasteiger partial charge in [0.2, 0.25) is 0 Å². The van der Waals surface area contributed by atoms with Gasteiger partial charge in [0.15, 0.2) is 6.61 Å². The molecule has 0 N–H and O–H groups in total. The highest BCUT2D eigenvalue weighted by atomic mass is 32.2. The summed E-state index contributed by atoms with van der Waals surface area (Å²) < 4.78 is 123. The van der Waals surface area contributed by atoms with Gasteiger partial charge in [0, 0.05) is 11.6 Å². The Hall–Kier alpha value is -2.81. The fourth-order valence-electron chi connectivity index (χ4n) is 1.91. The zero-order valence-corrected chi connectivity index (χ0v) is 16.2. The van der Waals surface area contributed by atoms with E-state index in [-0.39, 0.29) is 17.1 Å². The second-order valence-electron chi connectivity index (χ2n) is 5.93. The van der Waals surface area contributed by atoms with Crippen LogP contribution < -0.4 is 9.47 Å². The molecule has 0 spiro atoms. The molecule has 0 radical (unpaired) electrons. The molecule has 0 aromatic heterocycles. The van der Waals surface area contributed by atoms with Crippen LogP contribution in [0.1, 0.15) is 6.92 Å². The van der Waals surface area contributed by atoms with Gasteiger partial charge in [-0.2, -0.15) is 26.3 Å². The van der Waals surface area contributed by atoms with Gasteiger partial charge >= 0.3 is 29.9 Å². The zero-order chi connectivity index (χ0) is 24.3. The largest absolute Gasteiger partial charge is 0.748 e. The molecule has 0 aliphatic rings. The number of ether oxygens (including phenoxy) is 3. The van der Waals surface area contributed by atoms with E-state index in [1.807, 2.05) is 0 Å². The number of rotatable bonds is 8. The monoisotopic (exact) mass is 479 g/mol. The minimum absolute atomic E-state index is 0.0128. The van der Waals surface area contributed by atoms with Crippen molar-refractivity contribution in [3.63, 3.8) is 0 Å². The van der Waals surface area contributed by atoms with Crippen LogP contribution in [0.2, 0.25) is 0 Å². The first-order valence-electron chi connectivity index (χ1n) is 7.77. The van der Waals surface area contributed by atoms with E-state index in [0.29, 0.717) is 0 Å². The third-order valence-corrected chi connectivity index (χ3v) is 4.07. The lowest BCUT2D eigenvalue weighted by atomic mass is 10.1. The molecule has 0 aliphatic carbocycles. The number of alkyl halides is 6. The fourth-order valence-corrected chi connectivity index (χ4v) is 2.79. The van der Waals surface area contributed by atoms with Crippen molar-refractivity contribution in [2.24, 2.45) is 0 Å². The molecular formula is C16H13F6O8S-.